The molecular weight excluding hydrogens is 435 g/mol. The summed E-state index contributed by atoms with van der Waals surface area (Å²) < 4.78 is 19.5. The number of aryl methyl sites for hydroxylation is 1. The van der Waals surface area contributed by atoms with Crippen LogP contribution in [0.5, 0.6) is 5.88 Å². The average Bonchev–Trinajstić information content (AvgIpc) is 3.31. The van der Waals surface area contributed by atoms with Gasteiger partial charge in [-0.15, -0.1) is 0 Å². The highest BCUT2D eigenvalue weighted by Gasteiger charge is 2.46. The van der Waals surface area contributed by atoms with Gasteiger partial charge in [0.25, 0.3) is 0 Å². The first-order valence-corrected chi connectivity index (χ1v) is 11.4. The summed E-state index contributed by atoms with van der Waals surface area (Å²) in [5.41, 5.74) is 2.17. The Morgan fingerprint density at radius 2 is 1.94 bits per heavy atom. The largest absolute Gasteiger partial charge is 0.481 e. The molecule has 3 aromatic heterocycles. The molecule has 2 atom stereocenters. The summed E-state index contributed by atoms with van der Waals surface area (Å²) >= 11 is 0. The molecule has 0 saturated carbocycles. The van der Waals surface area contributed by atoms with E-state index in [0.29, 0.717) is 30.4 Å². The second-order valence-corrected chi connectivity index (χ2v) is 9.04. The molecule has 5 heterocycles. The van der Waals surface area contributed by atoms with Crippen LogP contribution in [0, 0.1) is 5.82 Å². The number of likely N-dealkylation sites (tertiary alicyclic amines) is 1. The van der Waals surface area contributed by atoms with Gasteiger partial charge in [0.2, 0.25) is 11.8 Å². The summed E-state index contributed by atoms with van der Waals surface area (Å²) in [6.45, 7) is 2.95. The fourth-order valence-corrected chi connectivity index (χ4v) is 5.13. The summed E-state index contributed by atoms with van der Waals surface area (Å²) in [5.74, 6) is 0.670. The lowest BCUT2D eigenvalue weighted by Gasteiger charge is -2.44. The van der Waals surface area contributed by atoms with Crippen molar-refractivity contribution in [1.82, 2.24) is 24.8 Å². The fourth-order valence-electron chi connectivity index (χ4n) is 5.13. The Hall–Kier alpha value is -3.62. The van der Waals surface area contributed by atoms with Gasteiger partial charge < -0.3 is 14.5 Å². The molecule has 0 aliphatic carbocycles. The third-order valence-electron chi connectivity index (χ3n) is 7.21. The van der Waals surface area contributed by atoms with Crippen LogP contribution in [0.4, 0.5) is 10.2 Å². The summed E-state index contributed by atoms with van der Waals surface area (Å²) in [6.07, 6.45) is 8.98. The number of hydrogen-bond donors (Lipinski definition) is 0. The van der Waals surface area contributed by atoms with E-state index in [1.165, 1.54) is 13.2 Å². The van der Waals surface area contributed by atoms with Crippen LogP contribution in [-0.2, 0) is 11.2 Å². The lowest BCUT2D eigenvalue weighted by molar-refractivity contribution is -0.131. The van der Waals surface area contributed by atoms with E-state index in [1.54, 1.807) is 25.4 Å². The first kappa shape index (κ1) is 22.2. The minimum atomic E-state index is -0.625. The van der Waals surface area contributed by atoms with Gasteiger partial charge >= 0.3 is 0 Å². The third kappa shape index (κ3) is 3.74. The number of fused-ring (bicyclic) bond motifs is 1. The molecule has 0 N–H and O–H groups in total. The Balaban J connectivity index is 1.35. The number of carbonyl (C=O) groups excluding carboxylic acids is 1. The highest BCUT2D eigenvalue weighted by Crippen LogP contribution is 2.41. The van der Waals surface area contributed by atoms with Crippen LogP contribution in [0.25, 0.3) is 11.4 Å². The number of hydrogen-bond acceptors (Lipinski definition) is 7. The van der Waals surface area contributed by atoms with E-state index in [4.69, 9.17) is 9.72 Å². The molecule has 2 aliphatic rings. The normalized spacial score (nSPS) is 20.4. The van der Waals surface area contributed by atoms with Gasteiger partial charge in [0.1, 0.15) is 11.6 Å². The Morgan fingerprint density at radius 3 is 2.71 bits per heavy atom. The van der Waals surface area contributed by atoms with E-state index < -0.39 is 11.7 Å². The lowest BCUT2D eigenvalue weighted by Crippen LogP contribution is -2.52. The van der Waals surface area contributed by atoms with E-state index in [1.807, 2.05) is 11.1 Å². The molecule has 176 valence electrons. The van der Waals surface area contributed by atoms with Crippen molar-refractivity contribution >= 4 is 11.7 Å². The molecule has 0 radical (unpaired) electrons. The molecule has 1 saturated heterocycles. The monoisotopic (exact) mass is 462 g/mol. The Labute approximate surface area is 197 Å². The molecule has 8 nitrogen and oxygen atoms in total. The molecule has 0 unspecified atom stereocenters. The number of halogens is 1. The van der Waals surface area contributed by atoms with Crippen LogP contribution in [-0.4, -0.2) is 63.5 Å². The standard InChI is InChI=1S/C25H27FN6O2/c1-16(19-12-21(34-3)29-14-20(19)26)24(33)32-10-7-25(15-32)6-5-17-11-18(13-30-23(17)31(25)2)22-27-8-4-9-28-22/h4,8-9,11-14,16H,5-7,10,15H2,1-3H3/t16-,25+/m1/s1. The van der Waals surface area contributed by atoms with Crippen LogP contribution < -0.4 is 9.64 Å². The molecule has 1 spiro atoms. The molecule has 34 heavy (non-hydrogen) atoms. The Bertz CT molecular complexity index is 1220. The third-order valence-corrected chi connectivity index (χ3v) is 7.21. The van der Waals surface area contributed by atoms with Crippen LogP contribution in [0.2, 0.25) is 0 Å². The van der Waals surface area contributed by atoms with E-state index >= 15 is 0 Å². The molecule has 2 aliphatic heterocycles. The molecule has 9 heteroatoms. The summed E-state index contributed by atoms with van der Waals surface area (Å²) in [4.78, 5) is 34.7. The number of ether oxygens (including phenoxy) is 1. The second kappa shape index (κ2) is 8.62. The molecular formula is C25H27FN6O2. The van der Waals surface area contributed by atoms with E-state index in [-0.39, 0.29) is 11.4 Å². The van der Waals surface area contributed by atoms with Crippen molar-refractivity contribution in [3.05, 3.63) is 59.9 Å². The van der Waals surface area contributed by atoms with E-state index in [2.05, 4.69) is 33.0 Å². The molecule has 0 bridgehead atoms. The van der Waals surface area contributed by atoms with Gasteiger partial charge in [-0.1, -0.05) is 0 Å². The molecule has 5 rings (SSSR count). The molecule has 1 amide bonds. The molecule has 3 aromatic rings. The number of likely N-dealkylation sites (N-methyl/N-ethyl adjacent to an activating group) is 1. The summed E-state index contributed by atoms with van der Waals surface area (Å²) in [7, 11) is 3.52. The number of carbonyl (C=O) groups is 1. The van der Waals surface area contributed by atoms with Crippen molar-refractivity contribution in [2.24, 2.45) is 0 Å². The zero-order valence-corrected chi connectivity index (χ0v) is 19.5. The molecule has 1 fully saturated rings. The number of pyridine rings is 2. The van der Waals surface area contributed by atoms with Crippen molar-refractivity contribution in [2.75, 3.05) is 32.1 Å². The van der Waals surface area contributed by atoms with Gasteiger partial charge in [0, 0.05) is 55.9 Å². The van der Waals surface area contributed by atoms with Crippen LogP contribution in [0.15, 0.2) is 43.0 Å². The predicted molar refractivity (Wildman–Crippen MR) is 125 cm³/mol. The number of nitrogens with zero attached hydrogens (tertiary/aromatic N) is 6. The maximum Gasteiger partial charge on any atom is 0.230 e. The first-order chi connectivity index (χ1) is 16.4. The van der Waals surface area contributed by atoms with Gasteiger partial charge in [-0.2, -0.15) is 0 Å². The number of anilines is 1. The van der Waals surface area contributed by atoms with Crippen LogP contribution in [0.3, 0.4) is 0 Å². The number of rotatable bonds is 4. The van der Waals surface area contributed by atoms with Crippen molar-refractivity contribution in [2.45, 2.75) is 37.6 Å². The van der Waals surface area contributed by atoms with E-state index in [9.17, 15) is 9.18 Å². The Kier molecular flexibility index (Phi) is 5.63. The average molecular weight is 463 g/mol. The number of aromatic nitrogens is 4. The van der Waals surface area contributed by atoms with Gasteiger partial charge in [-0.05, 0) is 43.9 Å². The van der Waals surface area contributed by atoms with Gasteiger partial charge in [-0.25, -0.2) is 24.3 Å². The number of methoxy groups -OCH3 is 1. The lowest BCUT2D eigenvalue weighted by atomic mass is 9.84. The minimum Gasteiger partial charge on any atom is -0.481 e. The molecule has 0 aromatic carbocycles. The van der Waals surface area contributed by atoms with Crippen molar-refractivity contribution in [1.29, 1.82) is 0 Å². The van der Waals surface area contributed by atoms with Crippen LogP contribution >= 0.6 is 0 Å². The van der Waals surface area contributed by atoms with Gasteiger partial charge in [0.15, 0.2) is 5.82 Å². The smallest absolute Gasteiger partial charge is 0.230 e. The van der Waals surface area contributed by atoms with Crippen molar-refractivity contribution in [3.8, 4) is 17.3 Å². The van der Waals surface area contributed by atoms with Crippen molar-refractivity contribution < 1.29 is 13.9 Å². The van der Waals surface area contributed by atoms with Crippen LogP contribution in [0.1, 0.15) is 36.8 Å². The maximum absolute atomic E-state index is 14.4. The zero-order valence-electron chi connectivity index (χ0n) is 19.5. The van der Waals surface area contributed by atoms with Crippen molar-refractivity contribution in [3.63, 3.8) is 0 Å². The van der Waals surface area contributed by atoms with E-state index in [0.717, 1.165) is 42.4 Å². The van der Waals surface area contributed by atoms with Gasteiger partial charge in [-0.3, -0.25) is 4.79 Å². The highest BCUT2D eigenvalue weighted by atomic mass is 19.1. The summed E-state index contributed by atoms with van der Waals surface area (Å²) in [6, 6.07) is 5.41. The topological polar surface area (TPSA) is 84.3 Å². The minimum absolute atomic E-state index is 0.0900. The summed E-state index contributed by atoms with van der Waals surface area (Å²) in [5, 5.41) is 0. The second-order valence-electron chi connectivity index (χ2n) is 9.04. The number of amides is 1. The SMILES string of the molecule is COc1cc([C@@H](C)C(=O)N2CC[C@@]3(CCc4cc(-c5ncccn5)cnc4N3C)C2)c(F)cn1. The fraction of sp³-hybridized carbons (Fsp3) is 0.400. The first-order valence-electron chi connectivity index (χ1n) is 11.4. The predicted octanol–water partition coefficient (Wildman–Crippen LogP) is 3.24. The highest BCUT2D eigenvalue weighted by molar-refractivity contribution is 5.84. The quantitative estimate of drug-likeness (QED) is 0.589. The Morgan fingerprint density at radius 1 is 1.15 bits per heavy atom. The maximum atomic E-state index is 14.4. The zero-order chi connectivity index (χ0) is 23.9. The van der Waals surface area contributed by atoms with Gasteiger partial charge in [0.05, 0.1) is 24.8 Å².